The molecule has 3 heteroatoms. The number of carboxylic acids is 1. The molecule has 0 amide bonds. The second-order valence-corrected chi connectivity index (χ2v) is 4.50. The third kappa shape index (κ3) is 15.2. The van der Waals surface area contributed by atoms with Crippen LogP contribution in [0.2, 0.25) is 0 Å². The van der Waals surface area contributed by atoms with E-state index in [2.05, 4.69) is 0 Å². The van der Waals surface area contributed by atoms with E-state index in [1.54, 1.807) is 6.08 Å². The number of aliphatic carboxylic acids is 1. The van der Waals surface area contributed by atoms with Gasteiger partial charge in [-0.25, -0.2) is 4.79 Å². The highest BCUT2D eigenvalue weighted by Crippen LogP contribution is 2.10. The van der Waals surface area contributed by atoms with Crippen LogP contribution < -0.4 is 5.73 Å². The number of nitrogens with two attached hydrogens (primary N) is 1. The van der Waals surface area contributed by atoms with Gasteiger partial charge in [-0.05, 0) is 25.8 Å². The second-order valence-electron chi connectivity index (χ2n) is 4.50. The summed E-state index contributed by atoms with van der Waals surface area (Å²) in [4.78, 5) is 10.2. The molecule has 0 bridgehead atoms. The first-order valence-corrected chi connectivity index (χ1v) is 6.87. The van der Waals surface area contributed by atoms with E-state index in [4.69, 9.17) is 10.8 Å². The molecule has 0 atom stereocenters. The van der Waals surface area contributed by atoms with Gasteiger partial charge in [0, 0.05) is 6.08 Å². The lowest BCUT2D eigenvalue weighted by atomic mass is 10.1. The predicted molar refractivity (Wildman–Crippen MR) is 72.0 cm³/mol. The van der Waals surface area contributed by atoms with Crippen molar-refractivity contribution in [3.8, 4) is 0 Å². The maximum atomic E-state index is 10.2. The van der Waals surface area contributed by atoms with Crippen LogP contribution in [0.1, 0.15) is 64.2 Å². The maximum absolute atomic E-state index is 10.2. The van der Waals surface area contributed by atoms with E-state index in [1.165, 1.54) is 51.0 Å². The molecule has 3 N–H and O–H groups in total. The lowest BCUT2D eigenvalue weighted by molar-refractivity contribution is -0.131. The number of rotatable bonds is 12. The summed E-state index contributed by atoms with van der Waals surface area (Å²) in [5, 5.41) is 8.38. The van der Waals surface area contributed by atoms with Crippen molar-refractivity contribution in [3.05, 3.63) is 12.2 Å². The monoisotopic (exact) mass is 241 g/mol. The molecule has 100 valence electrons. The van der Waals surface area contributed by atoms with E-state index >= 15 is 0 Å². The molecule has 0 saturated heterocycles. The van der Waals surface area contributed by atoms with E-state index in [0.717, 1.165) is 25.8 Å². The molecule has 0 fully saturated rings. The van der Waals surface area contributed by atoms with E-state index in [1.807, 2.05) is 0 Å². The number of unbranched alkanes of at least 4 members (excludes halogenated alkanes) is 9. The predicted octanol–water partition coefficient (Wildman–Crippen LogP) is 3.49. The fraction of sp³-hybridized carbons (Fsp3) is 0.786. The average Bonchev–Trinajstić information content (AvgIpc) is 2.30. The van der Waals surface area contributed by atoms with Crippen molar-refractivity contribution >= 4 is 5.97 Å². The third-order valence-electron chi connectivity index (χ3n) is 2.84. The first-order valence-electron chi connectivity index (χ1n) is 6.87. The molecule has 0 aliphatic heterocycles. The second kappa shape index (κ2) is 13.2. The number of hydrogen-bond donors (Lipinski definition) is 2. The highest BCUT2D eigenvalue weighted by molar-refractivity contribution is 5.79. The zero-order chi connectivity index (χ0) is 12.8. The van der Waals surface area contributed by atoms with Crippen molar-refractivity contribution in [2.45, 2.75) is 64.2 Å². The number of carboxylic acid groups (broad SMARTS) is 1. The lowest BCUT2D eigenvalue weighted by Gasteiger charge is -2.01. The fourth-order valence-corrected chi connectivity index (χ4v) is 1.83. The summed E-state index contributed by atoms with van der Waals surface area (Å²) in [6.45, 7) is 0.823. The largest absolute Gasteiger partial charge is 0.478 e. The molecule has 0 saturated carbocycles. The molecule has 0 radical (unpaired) electrons. The van der Waals surface area contributed by atoms with Gasteiger partial charge in [-0.3, -0.25) is 0 Å². The summed E-state index contributed by atoms with van der Waals surface area (Å²) < 4.78 is 0. The van der Waals surface area contributed by atoms with Crippen molar-refractivity contribution in [1.82, 2.24) is 0 Å². The number of allylic oxidation sites excluding steroid dienone is 1. The van der Waals surface area contributed by atoms with Gasteiger partial charge in [-0.2, -0.15) is 0 Å². The quantitative estimate of drug-likeness (QED) is 0.406. The minimum atomic E-state index is -0.845. The van der Waals surface area contributed by atoms with Gasteiger partial charge in [0.2, 0.25) is 0 Å². The molecular weight excluding hydrogens is 214 g/mol. The molecule has 0 aromatic carbocycles. The summed E-state index contributed by atoms with van der Waals surface area (Å²) >= 11 is 0. The lowest BCUT2D eigenvalue weighted by Crippen LogP contribution is -1.97. The Hall–Kier alpha value is -0.830. The molecule has 17 heavy (non-hydrogen) atoms. The summed E-state index contributed by atoms with van der Waals surface area (Å²) in [6.07, 6.45) is 15.2. The molecule has 0 rings (SSSR count). The van der Waals surface area contributed by atoms with E-state index < -0.39 is 5.97 Å². The van der Waals surface area contributed by atoms with Crippen LogP contribution in [0.25, 0.3) is 0 Å². The summed E-state index contributed by atoms with van der Waals surface area (Å²) in [7, 11) is 0. The Kier molecular flexibility index (Phi) is 12.6. The van der Waals surface area contributed by atoms with Gasteiger partial charge in [0.05, 0.1) is 0 Å². The van der Waals surface area contributed by atoms with Crippen molar-refractivity contribution < 1.29 is 9.90 Å². The number of carbonyl (C=O) groups is 1. The summed E-state index contributed by atoms with van der Waals surface area (Å²) in [5.74, 6) is -0.845. The molecule has 3 nitrogen and oxygen atoms in total. The van der Waals surface area contributed by atoms with Crippen LogP contribution in [0, 0.1) is 0 Å². The van der Waals surface area contributed by atoms with Gasteiger partial charge in [-0.15, -0.1) is 0 Å². The smallest absolute Gasteiger partial charge is 0.327 e. The molecule has 0 unspecified atom stereocenters. The van der Waals surface area contributed by atoms with Crippen LogP contribution in [0.4, 0.5) is 0 Å². The van der Waals surface area contributed by atoms with Gasteiger partial charge in [0.15, 0.2) is 0 Å². The van der Waals surface area contributed by atoms with E-state index in [0.29, 0.717) is 0 Å². The van der Waals surface area contributed by atoms with E-state index in [9.17, 15) is 4.79 Å². The van der Waals surface area contributed by atoms with Gasteiger partial charge in [0.1, 0.15) is 0 Å². The van der Waals surface area contributed by atoms with Gasteiger partial charge in [0.25, 0.3) is 0 Å². The Bertz CT molecular complexity index is 202. The Morgan fingerprint density at radius 3 is 1.82 bits per heavy atom. The SMILES string of the molecule is NCCCCCCCCCCCC=CC(=O)O. The maximum Gasteiger partial charge on any atom is 0.327 e. The Morgan fingerprint density at radius 2 is 1.35 bits per heavy atom. The first-order chi connectivity index (χ1) is 8.27. The first kappa shape index (κ1) is 16.2. The van der Waals surface area contributed by atoms with E-state index in [-0.39, 0.29) is 0 Å². The van der Waals surface area contributed by atoms with Crippen LogP contribution in [-0.2, 0) is 4.79 Å². The van der Waals surface area contributed by atoms with Crippen LogP contribution in [0.3, 0.4) is 0 Å². The summed E-state index contributed by atoms with van der Waals surface area (Å²) in [5.41, 5.74) is 5.43. The Balaban J connectivity index is 3.01. The van der Waals surface area contributed by atoms with Crippen molar-refractivity contribution in [2.75, 3.05) is 6.54 Å². The average molecular weight is 241 g/mol. The number of hydrogen-bond acceptors (Lipinski definition) is 2. The zero-order valence-electron chi connectivity index (χ0n) is 10.9. The molecule has 0 heterocycles. The molecule has 0 aromatic rings. The topological polar surface area (TPSA) is 63.3 Å². The highest BCUT2D eigenvalue weighted by atomic mass is 16.4. The minimum Gasteiger partial charge on any atom is -0.478 e. The van der Waals surface area contributed by atoms with Gasteiger partial charge >= 0.3 is 5.97 Å². The zero-order valence-corrected chi connectivity index (χ0v) is 10.9. The minimum absolute atomic E-state index is 0.823. The Morgan fingerprint density at radius 1 is 0.882 bits per heavy atom. The van der Waals surface area contributed by atoms with Crippen LogP contribution >= 0.6 is 0 Å². The van der Waals surface area contributed by atoms with Gasteiger partial charge < -0.3 is 10.8 Å². The van der Waals surface area contributed by atoms with Crippen molar-refractivity contribution in [2.24, 2.45) is 5.73 Å². The van der Waals surface area contributed by atoms with Crippen LogP contribution in [0.5, 0.6) is 0 Å². The third-order valence-corrected chi connectivity index (χ3v) is 2.84. The van der Waals surface area contributed by atoms with Crippen LogP contribution in [-0.4, -0.2) is 17.6 Å². The van der Waals surface area contributed by atoms with Crippen molar-refractivity contribution in [1.29, 1.82) is 0 Å². The molecule has 0 aliphatic rings. The molecule has 0 aliphatic carbocycles. The molecule has 0 spiro atoms. The van der Waals surface area contributed by atoms with Crippen molar-refractivity contribution in [3.63, 3.8) is 0 Å². The highest BCUT2D eigenvalue weighted by Gasteiger charge is 1.92. The Labute approximate surface area is 105 Å². The van der Waals surface area contributed by atoms with Gasteiger partial charge in [-0.1, -0.05) is 51.0 Å². The molecular formula is C14H27NO2. The normalized spacial score (nSPS) is 11.1. The van der Waals surface area contributed by atoms with Crippen LogP contribution in [0.15, 0.2) is 12.2 Å². The molecule has 0 aromatic heterocycles. The summed E-state index contributed by atoms with van der Waals surface area (Å²) in [6, 6.07) is 0. The standard InChI is InChI=1S/C14H27NO2/c15-13-11-9-7-5-3-1-2-4-6-8-10-12-14(16)17/h10,12H,1-9,11,13,15H2,(H,16,17). The fourth-order valence-electron chi connectivity index (χ4n) is 1.83.